The highest BCUT2D eigenvalue weighted by Gasteiger charge is 2.40. The van der Waals surface area contributed by atoms with Crippen LogP contribution in [0.5, 0.6) is 0 Å². The fourth-order valence-corrected chi connectivity index (χ4v) is 2.74. The van der Waals surface area contributed by atoms with Crippen molar-refractivity contribution in [3.8, 4) is 6.07 Å². The summed E-state index contributed by atoms with van der Waals surface area (Å²) in [5.41, 5.74) is 1.74. The van der Waals surface area contributed by atoms with Crippen LogP contribution >= 0.6 is 0 Å². The molecule has 0 saturated heterocycles. The van der Waals surface area contributed by atoms with E-state index in [2.05, 4.69) is 11.4 Å². The molecule has 0 fully saturated rings. The zero-order chi connectivity index (χ0) is 17.7. The second-order valence-electron chi connectivity index (χ2n) is 5.67. The van der Waals surface area contributed by atoms with Gasteiger partial charge < -0.3 is 10.1 Å². The zero-order valence-electron chi connectivity index (χ0n) is 13.9. The lowest BCUT2D eigenvalue weighted by molar-refractivity contribution is -0.147. The maximum absolute atomic E-state index is 12.5. The molecule has 0 unspecified atom stereocenters. The molecule has 1 aliphatic rings. The quantitative estimate of drug-likeness (QED) is 0.867. The molecule has 3 rings (SSSR count). The smallest absolute Gasteiger partial charge is 0.334 e. The van der Waals surface area contributed by atoms with Crippen LogP contribution in [0.3, 0.4) is 0 Å². The molecule has 1 aliphatic heterocycles. The molecule has 0 atom stereocenters. The minimum Gasteiger partial charge on any atom is -0.464 e. The van der Waals surface area contributed by atoms with Crippen LogP contribution in [0.15, 0.2) is 72.8 Å². The maximum atomic E-state index is 12.5. The van der Waals surface area contributed by atoms with E-state index in [9.17, 15) is 10.1 Å². The maximum Gasteiger partial charge on any atom is 0.334 e. The van der Waals surface area contributed by atoms with Gasteiger partial charge in [0.05, 0.1) is 12.7 Å². The van der Waals surface area contributed by atoms with Crippen molar-refractivity contribution in [1.29, 1.82) is 5.26 Å². The number of benzene rings is 2. The fourth-order valence-electron chi connectivity index (χ4n) is 2.74. The summed E-state index contributed by atoms with van der Waals surface area (Å²) < 4.78 is 5.17. The van der Waals surface area contributed by atoms with Gasteiger partial charge in [-0.25, -0.2) is 4.79 Å². The summed E-state index contributed by atoms with van der Waals surface area (Å²) in [5, 5.41) is 13.1. The third-order valence-electron chi connectivity index (χ3n) is 3.98. The fraction of sp³-hybridized carbons (Fsp3) is 0.143. The van der Waals surface area contributed by atoms with E-state index >= 15 is 0 Å². The summed E-state index contributed by atoms with van der Waals surface area (Å²) in [4.78, 5) is 12.5. The van der Waals surface area contributed by atoms with Crippen LogP contribution in [0.4, 0.5) is 0 Å². The number of rotatable bonds is 4. The first kappa shape index (κ1) is 16.5. The Morgan fingerprint density at radius 1 is 1.00 bits per heavy atom. The van der Waals surface area contributed by atoms with Gasteiger partial charge in [0.15, 0.2) is 5.41 Å². The Balaban J connectivity index is 2.13. The minimum atomic E-state index is -1.46. The Morgan fingerprint density at radius 2 is 1.48 bits per heavy atom. The Labute approximate surface area is 147 Å². The highest BCUT2D eigenvalue weighted by molar-refractivity contribution is 5.93. The number of dihydropyridines is 1. The molecule has 0 saturated carbocycles. The van der Waals surface area contributed by atoms with Crippen molar-refractivity contribution < 1.29 is 9.53 Å². The first-order valence-corrected chi connectivity index (χ1v) is 8.10. The number of carbonyl (C=O) groups excluding carboxylic acids is 1. The van der Waals surface area contributed by atoms with Gasteiger partial charge >= 0.3 is 5.97 Å². The summed E-state index contributed by atoms with van der Waals surface area (Å²) in [6.07, 6.45) is 3.26. The van der Waals surface area contributed by atoms with Crippen molar-refractivity contribution in [3.05, 3.63) is 83.9 Å². The van der Waals surface area contributed by atoms with E-state index < -0.39 is 11.4 Å². The van der Waals surface area contributed by atoms with Gasteiger partial charge in [0, 0.05) is 11.4 Å². The topological polar surface area (TPSA) is 62.1 Å². The summed E-state index contributed by atoms with van der Waals surface area (Å²) in [6.45, 7) is 1.95. The molecule has 2 aromatic carbocycles. The third-order valence-corrected chi connectivity index (χ3v) is 3.98. The number of carbonyl (C=O) groups is 1. The zero-order valence-corrected chi connectivity index (χ0v) is 13.9. The lowest BCUT2D eigenvalue weighted by atomic mass is 9.83. The molecule has 0 bridgehead atoms. The van der Waals surface area contributed by atoms with Gasteiger partial charge in [-0.15, -0.1) is 0 Å². The highest BCUT2D eigenvalue weighted by atomic mass is 16.5. The summed E-state index contributed by atoms with van der Waals surface area (Å²) in [7, 11) is 0. The van der Waals surface area contributed by atoms with Crippen molar-refractivity contribution >= 4 is 17.4 Å². The predicted molar refractivity (Wildman–Crippen MR) is 96.7 cm³/mol. The van der Waals surface area contributed by atoms with Crippen molar-refractivity contribution in [2.75, 3.05) is 6.61 Å². The van der Waals surface area contributed by atoms with E-state index in [1.807, 2.05) is 60.7 Å². The van der Waals surface area contributed by atoms with Gasteiger partial charge in [-0.2, -0.15) is 5.26 Å². The number of ether oxygens (including phenoxy) is 1. The Kier molecular flexibility index (Phi) is 4.67. The average Bonchev–Trinajstić information content (AvgIpc) is 2.69. The number of nitrogens with one attached hydrogen (secondary N) is 1. The summed E-state index contributed by atoms with van der Waals surface area (Å²) in [6, 6.07) is 21.4. The van der Waals surface area contributed by atoms with Crippen molar-refractivity contribution in [2.45, 2.75) is 6.92 Å². The van der Waals surface area contributed by atoms with Crippen LogP contribution in [0.1, 0.15) is 18.1 Å². The Bertz CT molecular complexity index is 806. The summed E-state index contributed by atoms with van der Waals surface area (Å²) >= 11 is 0. The van der Waals surface area contributed by atoms with Gasteiger partial charge in [-0.05, 0) is 30.2 Å². The number of hydrogen-bond acceptors (Lipinski definition) is 4. The largest absolute Gasteiger partial charge is 0.464 e. The average molecular weight is 330 g/mol. The first-order chi connectivity index (χ1) is 12.2. The van der Waals surface area contributed by atoms with E-state index in [-0.39, 0.29) is 6.61 Å². The van der Waals surface area contributed by atoms with E-state index in [1.165, 1.54) is 0 Å². The van der Waals surface area contributed by atoms with Crippen LogP contribution in [-0.2, 0) is 9.53 Å². The van der Waals surface area contributed by atoms with Gasteiger partial charge in [-0.1, -0.05) is 60.7 Å². The van der Waals surface area contributed by atoms with Gasteiger partial charge in [0.25, 0.3) is 0 Å². The number of esters is 1. The SMILES string of the molecule is CCOC(=O)C1(C#N)C=C(c2ccccc2)NC(c2ccccc2)=C1. The second kappa shape index (κ2) is 7.06. The molecule has 1 heterocycles. The van der Waals surface area contributed by atoms with Gasteiger partial charge in [0.1, 0.15) is 0 Å². The molecule has 2 aromatic rings. The molecule has 0 radical (unpaired) electrons. The number of nitriles is 1. The van der Waals surface area contributed by atoms with E-state index in [1.54, 1.807) is 19.1 Å². The molecule has 0 aliphatic carbocycles. The van der Waals surface area contributed by atoms with Gasteiger partial charge in [-0.3, -0.25) is 0 Å². The second-order valence-corrected chi connectivity index (χ2v) is 5.67. The molecule has 25 heavy (non-hydrogen) atoms. The molecule has 4 heteroatoms. The normalized spacial score (nSPS) is 15.2. The standard InChI is InChI=1S/C21H18N2O2/c1-2-25-20(24)21(15-22)13-18(16-9-5-3-6-10-16)23-19(14-21)17-11-7-4-8-12-17/h3-14,23H,2H2,1H3. The lowest BCUT2D eigenvalue weighted by Crippen LogP contribution is -2.33. The monoisotopic (exact) mass is 330 g/mol. The number of nitrogens with zero attached hydrogens (tertiary/aromatic N) is 1. The molecule has 4 nitrogen and oxygen atoms in total. The highest BCUT2D eigenvalue weighted by Crippen LogP contribution is 2.35. The molecule has 1 N–H and O–H groups in total. The number of hydrogen-bond donors (Lipinski definition) is 1. The van der Waals surface area contributed by atoms with Gasteiger partial charge in [0.2, 0.25) is 0 Å². The van der Waals surface area contributed by atoms with Crippen LogP contribution < -0.4 is 5.32 Å². The Hall–Kier alpha value is -3.32. The van der Waals surface area contributed by atoms with Crippen LogP contribution in [-0.4, -0.2) is 12.6 Å². The van der Waals surface area contributed by atoms with E-state index in [0.717, 1.165) is 11.1 Å². The molecular weight excluding hydrogens is 312 g/mol. The van der Waals surface area contributed by atoms with Crippen LogP contribution in [0, 0.1) is 16.7 Å². The van der Waals surface area contributed by atoms with E-state index in [4.69, 9.17) is 4.74 Å². The van der Waals surface area contributed by atoms with Crippen LogP contribution in [0.2, 0.25) is 0 Å². The molecule has 124 valence electrons. The lowest BCUT2D eigenvalue weighted by Gasteiger charge is -2.27. The first-order valence-electron chi connectivity index (χ1n) is 8.10. The van der Waals surface area contributed by atoms with Crippen molar-refractivity contribution in [1.82, 2.24) is 5.32 Å². The molecule has 0 aromatic heterocycles. The van der Waals surface area contributed by atoms with Crippen LogP contribution in [0.25, 0.3) is 11.4 Å². The molecule has 0 spiro atoms. The predicted octanol–water partition coefficient (Wildman–Crippen LogP) is 3.74. The molecule has 0 amide bonds. The Morgan fingerprint density at radius 3 is 1.88 bits per heavy atom. The van der Waals surface area contributed by atoms with Crippen molar-refractivity contribution in [3.63, 3.8) is 0 Å². The summed E-state index contributed by atoms with van der Waals surface area (Å²) in [5.74, 6) is -0.569. The third kappa shape index (κ3) is 3.31. The van der Waals surface area contributed by atoms with E-state index in [0.29, 0.717) is 11.4 Å². The molecular formula is C21H18N2O2. The minimum absolute atomic E-state index is 0.221. The van der Waals surface area contributed by atoms with Crippen molar-refractivity contribution in [2.24, 2.45) is 5.41 Å².